The second-order valence-electron chi connectivity index (χ2n) is 4.90. The molecule has 0 radical (unpaired) electrons. The molecule has 3 nitrogen and oxygen atoms in total. The fourth-order valence-electron chi connectivity index (χ4n) is 2.44. The Morgan fingerprint density at radius 2 is 1.72 bits per heavy atom. The summed E-state index contributed by atoms with van der Waals surface area (Å²) < 4.78 is 0. The number of aryl methyl sites for hydroxylation is 2. The Hall–Kier alpha value is -1.77. The minimum absolute atomic E-state index is 0.226. The Labute approximate surface area is 106 Å². The molecule has 0 saturated heterocycles. The second-order valence-corrected chi connectivity index (χ2v) is 4.90. The van der Waals surface area contributed by atoms with Gasteiger partial charge < -0.3 is 0 Å². The second kappa shape index (κ2) is 4.84. The van der Waals surface area contributed by atoms with Crippen LogP contribution in [0, 0.1) is 19.8 Å². The van der Waals surface area contributed by atoms with Gasteiger partial charge in [-0.2, -0.15) is 0 Å². The molecular weight excluding hydrogens is 228 g/mol. The van der Waals surface area contributed by atoms with Gasteiger partial charge in [0.1, 0.15) is 5.92 Å². The average Bonchev–Trinajstić information content (AvgIpc) is 2.28. The van der Waals surface area contributed by atoms with Gasteiger partial charge in [0, 0.05) is 18.4 Å². The number of hydrogen-bond donors (Lipinski definition) is 0. The molecule has 1 aliphatic carbocycles. The number of Topliss-reactive ketones (excluding diaryl/α,β-unsaturated/α-hetero) is 3. The van der Waals surface area contributed by atoms with Crippen LogP contribution in [-0.2, 0) is 9.59 Å². The van der Waals surface area contributed by atoms with Crippen molar-refractivity contribution in [3.63, 3.8) is 0 Å². The molecule has 0 amide bonds. The summed E-state index contributed by atoms with van der Waals surface area (Å²) in [4.78, 5) is 35.8. The summed E-state index contributed by atoms with van der Waals surface area (Å²) in [5, 5.41) is 0. The van der Waals surface area contributed by atoms with E-state index in [1.54, 1.807) is 6.07 Å². The molecule has 0 N–H and O–H groups in total. The Morgan fingerprint density at radius 3 is 2.28 bits per heavy atom. The number of ketones is 3. The van der Waals surface area contributed by atoms with Crippen LogP contribution in [0.4, 0.5) is 0 Å². The summed E-state index contributed by atoms with van der Waals surface area (Å²) in [5.74, 6) is -1.84. The molecule has 0 atom stereocenters. The van der Waals surface area contributed by atoms with Gasteiger partial charge in [0.2, 0.25) is 0 Å². The maximum atomic E-state index is 12.3. The monoisotopic (exact) mass is 244 g/mol. The third-order valence-electron chi connectivity index (χ3n) is 3.40. The maximum Gasteiger partial charge on any atom is 0.181 e. The highest BCUT2D eigenvalue weighted by molar-refractivity contribution is 6.25. The molecule has 0 aliphatic heterocycles. The number of rotatable bonds is 2. The number of carbonyl (C=O) groups is 3. The summed E-state index contributed by atoms with van der Waals surface area (Å²) in [7, 11) is 0. The van der Waals surface area contributed by atoms with E-state index in [4.69, 9.17) is 0 Å². The van der Waals surface area contributed by atoms with Crippen molar-refractivity contribution >= 4 is 17.3 Å². The molecule has 0 heterocycles. The van der Waals surface area contributed by atoms with Gasteiger partial charge in [-0.15, -0.1) is 0 Å². The standard InChI is InChI=1S/C15H16O3/c1-9-6-7-11(10(2)8-9)15(18)14-12(16)4-3-5-13(14)17/h6-8,14H,3-5H2,1-2H3. The van der Waals surface area contributed by atoms with Gasteiger partial charge in [-0.25, -0.2) is 0 Å². The summed E-state index contributed by atoms with van der Waals surface area (Å²) in [6, 6.07) is 5.44. The molecule has 94 valence electrons. The fourth-order valence-corrected chi connectivity index (χ4v) is 2.44. The van der Waals surface area contributed by atoms with Crippen molar-refractivity contribution in [2.75, 3.05) is 0 Å². The molecule has 1 aromatic rings. The van der Waals surface area contributed by atoms with Crippen LogP contribution in [0.25, 0.3) is 0 Å². The number of hydrogen-bond acceptors (Lipinski definition) is 3. The van der Waals surface area contributed by atoms with Gasteiger partial charge in [0.15, 0.2) is 17.3 Å². The fraction of sp³-hybridized carbons (Fsp3) is 0.400. The topological polar surface area (TPSA) is 51.2 Å². The zero-order valence-electron chi connectivity index (χ0n) is 10.7. The van der Waals surface area contributed by atoms with Gasteiger partial charge in [0.05, 0.1) is 0 Å². The Balaban J connectivity index is 2.35. The van der Waals surface area contributed by atoms with Crippen molar-refractivity contribution in [3.05, 3.63) is 34.9 Å². The third kappa shape index (κ3) is 2.26. The largest absolute Gasteiger partial charge is 0.298 e. The van der Waals surface area contributed by atoms with Gasteiger partial charge in [0.25, 0.3) is 0 Å². The maximum absolute atomic E-state index is 12.3. The molecule has 3 heteroatoms. The minimum Gasteiger partial charge on any atom is -0.298 e. The van der Waals surface area contributed by atoms with Crippen LogP contribution >= 0.6 is 0 Å². The zero-order chi connectivity index (χ0) is 13.3. The van der Waals surface area contributed by atoms with Gasteiger partial charge in [-0.3, -0.25) is 14.4 Å². The molecule has 18 heavy (non-hydrogen) atoms. The van der Waals surface area contributed by atoms with Crippen molar-refractivity contribution in [1.82, 2.24) is 0 Å². The first-order chi connectivity index (χ1) is 8.50. The van der Waals surface area contributed by atoms with Gasteiger partial charge in [-0.1, -0.05) is 23.8 Å². The molecule has 0 unspecified atom stereocenters. The first-order valence-corrected chi connectivity index (χ1v) is 6.17. The molecule has 1 fully saturated rings. The van der Waals surface area contributed by atoms with Crippen molar-refractivity contribution < 1.29 is 14.4 Å². The Morgan fingerprint density at radius 1 is 1.11 bits per heavy atom. The van der Waals surface area contributed by atoms with Crippen LogP contribution in [0.1, 0.15) is 40.7 Å². The van der Waals surface area contributed by atoms with Gasteiger partial charge in [-0.05, 0) is 25.8 Å². The minimum atomic E-state index is -1.06. The summed E-state index contributed by atoms with van der Waals surface area (Å²) in [5.41, 5.74) is 2.38. The Bertz CT molecular complexity index is 513. The summed E-state index contributed by atoms with van der Waals surface area (Å²) in [6.07, 6.45) is 1.26. The van der Waals surface area contributed by atoms with E-state index in [0.717, 1.165) is 11.1 Å². The summed E-state index contributed by atoms with van der Waals surface area (Å²) >= 11 is 0. The normalized spacial score (nSPS) is 17.0. The van der Waals surface area contributed by atoms with Gasteiger partial charge >= 0.3 is 0 Å². The van der Waals surface area contributed by atoms with E-state index in [2.05, 4.69) is 0 Å². The highest BCUT2D eigenvalue weighted by atomic mass is 16.2. The number of benzene rings is 1. The number of carbonyl (C=O) groups excluding carboxylic acids is 3. The SMILES string of the molecule is Cc1ccc(C(=O)C2C(=O)CCCC2=O)c(C)c1. The smallest absolute Gasteiger partial charge is 0.181 e. The lowest BCUT2D eigenvalue weighted by molar-refractivity contribution is -0.133. The third-order valence-corrected chi connectivity index (χ3v) is 3.40. The van der Waals surface area contributed by atoms with Crippen LogP contribution in [0.5, 0.6) is 0 Å². The van der Waals surface area contributed by atoms with Crippen LogP contribution in [0.3, 0.4) is 0 Å². The zero-order valence-corrected chi connectivity index (χ0v) is 10.7. The van der Waals surface area contributed by atoms with Crippen LogP contribution in [-0.4, -0.2) is 17.3 Å². The average molecular weight is 244 g/mol. The molecule has 1 aromatic carbocycles. The molecule has 1 saturated carbocycles. The van der Waals surface area contributed by atoms with Crippen LogP contribution in [0.15, 0.2) is 18.2 Å². The van der Waals surface area contributed by atoms with Crippen molar-refractivity contribution in [2.45, 2.75) is 33.1 Å². The van der Waals surface area contributed by atoms with Crippen molar-refractivity contribution in [1.29, 1.82) is 0 Å². The molecule has 0 spiro atoms. The highest BCUT2D eigenvalue weighted by Gasteiger charge is 2.36. The molecular formula is C15H16O3. The van der Waals surface area contributed by atoms with E-state index in [9.17, 15) is 14.4 Å². The van der Waals surface area contributed by atoms with E-state index in [-0.39, 0.29) is 17.3 Å². The molecule has 1 aliphatic rings. The van der Waals surface area contributed by atoms with E-state index in [1.165, 1.54) is 0 Å². The van der Waals surface area contributed by atoms with E-state index >= 15 is 0 Å². The molecule has 2 rings (SSSR count). The van der Waals surface area contributed by atoms with Crippen LogP contribution < -0.4 is 0 Å². The highest BCUT2D eigenvalue weighted by Crippen LogP contribution is 2.23. The van der Waals surface area contributed by atoms with E-state index in [1.807, 2.05) is 26.0 Å². The Kier molecular flexibility index (Phi) is 3.41. The van der Waals surface area contributed by atoms with E-state index < -0.39 is 5.92 Å². The molecule has 0 aromatic heterocycles. The predicted molar refractivity (Wildman–Crippen MR) is 67.6 cm³/mol. The first-order valence-electron chi connectivity index (χ1n) is 6.17. The molecule has 0 bridgehead atoms. The first kappa shape index (κ1) is 12.7. The van der Waals surface area contributed by atoms with Crippen molar-refractivity contribution in [3.8, 4) is 0 Å². The summed E-state index contributed by atoms with van der Waals surface area (Å²) in [6.45, 7) is 3.77. The van der Waals surface area contributed by atoms with E-state index in [0.29, 0.717) is 24.8 Å². The van der Waals surface area contributed by atoms with Crippen molar-refractivity contribution in [2.24, 2.45) is 5.92 Å². The predicted octanol–water partition coefficient (Wildman–Crippen LogP) is 2.42. The lowest BCUT2D eigenvalue weighted by Gasteiger charge is -2.19. The lowest BCUT2D eigenvalue weighted by Crippen LogP contribution is -2.35. The van der Waals surface area contributed by atoms with Crippen LogP contribution in [0.2, 0.25) is 0 Å². The quantitative estimate of drug-likeness (QED) is 0.593. The lowest BCUT2D eigenvalue weighted by atomic mass is 9.81.